The minimum atomic E-state index is -4.66. The molecule has 55 heavy (non-hydrogen) atoms. The van der Waals surface area contributed by atoms with Crippen molar-refractivity contribution in [3.05, 3.63) is 122 Å². The maximum absolute atomic E-state index is 12.5. The average Bonchev–Trinajstić information content (AvgIpc) is 3.17. The molecule has 0 aromatic rings. The van der Waals surface area contributed by atoms with Crippen molar-refractivity contribution in [1.29, 1.82) is 0 Å². The van der Waals surface area contributed by atoms with E-state index in [4.69, 9.17) is 19.1 Å². The number of hydrogen-bond acceptors (Lipinski definition) is 9. The van der Waals surface area contributed by atoms with Gasteiger partial charge in [0.25, 0.3) is 0 Å². The Bertz CT molecular complexity index is 1320. The van der Waals surface area contributed by atoms with Gasteiger partial charge in [0.2, 0.25) is 0 Å². The van der Waals surface area contributed by atoms with Crippen LogP contribution < -0.4 is 0 Å². The topological polar surface area (TPSA) is 149 Å². The van der Waals surface area contributed by atoms with Crippen molar-refractivity contribution in [3.63, 3.8) is 0 Å². The van der Waals surface area contributed by atoms with E-state index in [1.54, 1.807) is 6.08 Å². The van der Waals surface area contributed by atoms with E-state index in [9.17, 15) is 24.2 Å². The summed E-state index contributed by atoms with van der Waals surface area (Å²) in [5, 5.41) is 18.3. The first-order chi connectivity index (χ1) is 26.7. The highest BCUT2D eigenvalue weighted by Crippen LogP contribution is 2.43. The molecule has 0 saturated heterocycles. The molecule has 308 valence electrons. The fourth-order valence-electron chi connectivity index (χ4n) is 4.22. The van der Waals surface area contributed by atoms with Gasteiger partial charge in [-0.1, -0.05) is 135 Å². The van der Waals surface area contributed by atoms with E-state index in [-0.39, 0.29) is 12.8 Å². The van der Waals surface area contributed by atoms with E-state index in [0.717, 1.165) is 57.8 Å². The lowest BCUT2D eigenvalue weighted by Crippen LogP contribution is -2.29. The summed E-state index contributed by atoms with van der Waals surface area (Å²) in [6, 6.07) is 0. The third-order valence-electron chi connectivity index (χ3n) is 7.14. The van der Waals surface area contributed by atoms with Gasteiger partial charge in [0.1, 0.15) is 12.7 Å². The summed E-state index contributed by atoms with van der Waals surface area (Å²) < 4.78 is 32.4. The zero-order chi connectivity index (χ0) is 40.5. The summed E-state index contributed by atoms with van der Waals surface area (Å²) >= 11 is 0. The van der Waals surface area contributed by atoms with Gasteiger partial charge in [-0.15, -0.1) is 0 Å². The van der Waals surface area contributed by atoms with Gasteiger partial charge in [0, 0.05) is 6.42 Å². The summed E-state index contributed by atoms with van der Waals surface area (Å²) in [4.78, 5) is 34.8. The zero-order valence-corrected chi connectivity index (χ0v) is 34.0. The molecule has 0 heterocycles. The maximum Gasteiger partial charge on any atom is 0.472 e. The largest absolute Gasteiger partial charge is 0.472 e. The Balaban J connectivity index is 4.63. The SMILES string of the molecule is CC/C=C\C/C=C\C/C=C\C/C=C\C/C=C\CCCC(=O)OC(COC(=O)C/C=C\C/C=C\C/C=C\C/C=C\C/C=C\CC)COP(=O)(O)OCC(O)CO. The van der Waals surface area contributed by atoms with Gasteiger partial charge in [0.05, 0.1) is 26.2 Å². The Morgan fingerprint density at radius 1 is 0.564 bits per heavy atom. The normalized spacial score (nSPS) is 15.2. The molecule has 0 amide bonds. The number of rotatable bonds is 34. The van der Waals surface area contributed by atoms with Crippen LogP contribution in [0.1, 0.15) is 104 Å². The molecule has 0 aromatic carbocycles. The van der Waals surface area contributed by atoms with E-state index in [0.29, 0.717) is 19.3 Å². The second-order valence-corrected chi connectivity index (χ2v) is 13.7. The van der Waals surface area contributed by atoms with Crippen molar-refractivity contribution in [2.24, 2.45) is 0 Å². The molecule has 11 heteroatoms. The molecule has 0 bridgehead atoms. The van der Waals surface area contributed by atoms with Crippen LogP contribution in [0, 0.1) is 0 Å². The molecule has 3 N–H and O–H groups in total. The Morgan fingerprint density at radius 3 is 1.40 bits per heavy atom. The number of allylic oxidation sites excluding steroid dienone is 19. The Morgan fingerprint density at radius 2 is 0.964 bits per heavy atom. The quantitative estimate of drug-likeness (QED) is 0.0249. The number of esters is 2. The maximum atomic E-state index is 12.5. The van der Waals surface area contributed by atoms with Crippen LogP contribution in [0.4, 0.5) is 0 Å². The number of phosphoric acid groups is 1. The minimum absolute atomic E-state index is 0.0110. The number of phosphoric ester groups is 1. The zero-order valence-electron chi connectivity index (χ0n) is 33.1. The minimum Gasteiger partial charge on any atom is -0.461 e. The molecule has 0 radical (unpaired) electrons. The highest BCUT2D eigenvalue weighted by atomic mass is 31.2. The number of hydrogen-bond donors (Lipinski definition) is 3. The van der Waals surface area contributed by atoms with Crippen LogP contribution in [-0.4, -0.2) is 65.7 Å². The van der Waals surface area contributed by atoms with Gasteiger partial charge in [-0.25, -0.2) is 4.57 Å². The fourth-order valence-corrected chi connectivity index (χ4v) is 5.01. The lowest BCUT2D eigenvalue weighted by Gasteiger charge is -2.20. The molecule has 0 aliphatic carbocycles. The molecular formula is C44H67O10P. The predicted octanol–water partition coefficient (Wildman–Crippen LogP) is 9.99. The molecule has 3 atom stereocenters. The first-order valence-corrected chi connectivity index (χ1v) is 21.0. The predicted molar refractivity (Wildman–Crippen MR) is 223 cm³/mol. The number of carbonyl (C=O) groups excluding carboxylic acids is 2. The van der Waals surface area contributed by atoms with Crippen LogP contribution in [0.2, 0.25) is 0 Å². The second kappa shape index (κ2) is 38.6. The molecule has 0 aliphatic rings. The fraction of sp³-hybridized carbons (Fsp3) is 0.500. The molecular weight excluding hydrogens is 719 g/mol. The van der Waals surface area contributed by atoms with Gasteiger partial charge in [-0.2, -0.15) is 0 Å². The summed E-state index contributed by atoms with van der Waals surface area (Å²) in [6.45, 7) is 1.92. The summed E-state index contributed by atoms with van der Waals surface area (Å²) in [5.41, 5.74) is 0. The van der Waals surface area contributed by atoms with Crippen LogP contribution in [0.5, 0.6) is 0 Å². The van der Waals surface area contributed by atoms with Gasteiger partial charge in [-0.3, -0.25) is 18.6 Å². The first-order valence-electron chi connectivity index (χ1n) is 19.5. The molecule has 0 aromatic heterocycles. The van der Waals surface area contributed by atoms with Crippen molar-refractivity contribution in [3.8, 4) is 0 Å². The van der Waals surface area contributed by atoms with E-state index >= 15 is 0 Å². The molecule has 0 fully saturated rings. The summed E-state index contributed by atoms with van der Waals surface area (Å²) in [6.07, 6.45) is 49.2. The monoisotopic (exact) mass is 786 g/mol. The van der Waals surface area contributed by atoms with Crippen LogP contribution >= 0.6 is 7.82 Å². The standard InChI is InChI=1S/C44H67O10P/c1-3-5-7-9-11-13-15-17-19-20-22-24-26-28-30-32-34-36-44(48)54-42(40-53-55(49,50)52-38-41(46)37-45)39-51-43(47)35-33-31-29-27-25-23-21-18-16-14-12-10-8-6-4-2/h5-8,11-14,17-19,21-22,24-25,27-28,30-31,33,41-42,45-46H,3-4,9-10,15-16,20,23,26,29,32,34-40H2,1-2H3,(H,49,50)/b7-5-,8-6-,13-11-,14-12-,19-17-,21-18-,24-22-,27-25-,30-28-,33-31-. The molecule has 0 rings (SSSR count). The van der Waals surface area contributed by atoms with Gasteiger partial charge >= 0.3 is 19.8 Å². The van der Waals surface area contributed by atoms with Crippen molar-refractivity contribution < 1.29 is 47.8 Å². The van der Waals surface area contributed by atoms with Gasteiger partial charge in [0.15, 0.2) is 6.10 Å². The van der Waals surface area contributed by atoms with Crippen LogP contribution in [0.25, 0.3) is 0 Å². The van der Waals surface area contributed by atoms with E-state index < -0.39 is 58.4 Å². The Hall–Kier alpha value is -3.63. The molecule has 3 unspecified atom stereocenters. The van der Waals surface area contributed by atoms with E-state index in [1.165, 1.54) is 0 Å². The highest BCUT2D eigenvalue weighted by Gasteiger charge is 2.27. The van der Waals surface area contributed by atoms with Crippen molar-refractivity contribution in [2.45, 2.75) is 116 Å². The van der Waals surface area contributed by atoms with Gasteiger partial charge < -0.3 is 24.6 Å². The second-order valence-electron chi connectivity index (χ2n) is 12.2. The highest BCUT2D eigenvalue weighted by molar-refractivity contribution is 7.47. The smallest absolute Gasteiger partial charge is 0.461 e. The van der Waals surface area contributed by atoms with Crippen LogP contribution in [0.15, 0.2) is 122 Å². The lowest BCUT2D eigenvalue weighted by molar-refractivity contribution is -0.160. The molecule has 0 saturated carbocycles. The Labute approximate surface area is 330 Å². The number of ether oxygens (including phenoxy) is 2. The number of aliphatic hydroxyl groups is 2. The summed E-state index contributed by atoms with van der Waals surface area (Å²) in [7, 11) is -4.66. The van der Waals surface area contributed by atoms with Gasteiger partial charge in [-0.05, 0) is 77.0 Å². The van der Waals surface area contributed by atoms with Crippen LogP contribution in [-0.2, 0) is 32.7 Å². The molecule has 10 nitrogen and oxygen atoms in total. The number of aliphatic hydroxyl groups excluding tert-OH is 2. The molecule has 0 spiro atoms. The van der Waals surface area contributed by atoms with E-state index in [2.05, 4.69) is 103 Å². The Kier molecular flexibility index (Phi) is 36.1. The third-order valence-corrected chi connectivity index (χ3v) is 8.10. The van der Waals surface area contributed by atoms with E-state index in [1.807, 2.05) is 30.4 Å². The van der Waals surface area contributed by atoms with Crippen molar-refractivity contribution >= 4 is 19.8 Å². The van der Waals surface area contributed by atoms with Crippen molar-refractivity contribution in [1.82, 2.24) is 0 Å². The lowest BCUT2D eigenvalue weighted by atomic mass is 10.2. The van der Waals surface area contributed by atoms with Crippen LogP contribution in [0.3, 0.4) is 0 Å². The number of unbranched alkanes of at least 4 members (excludes halogenated alkanes) is 1. The molecule has 0 aliphatic heterocycles. The first kappa shape index (κ1) is 51.4. The van der Waals surface area contributed by atoms with Crippen molar-refractivity contribution in [2.75, 3.05) is 26.4 Å². The third kappa shape index (κ3) is 38.4. The summed E-state index contributed by atoms with van der Waals surface area (Å²) in [5.74, 6) is -1.16. The number of carbonyl (C=O) groups is 2. The average molecular weight is 787 g/mol.